The first-order valence-electron chi connectivity index (χ1n) is 10.4. The van der Waals surface area contributed by atoms with Gasteiger partial charge in [-0.25, -0.2) is 0 Å². The standard InChI is InChI=1S/C24H27F3O4/c1-3-29-22(28)17(2)21-16-20(15-14-18-10-6-4-7-11-18)30-23(31-21,24(25,26)27)19-12-8-5-9-13-19/h4-13,17,20-21H,3,14-16H2,1-2H3/t17?,20?,21?,23-/m1/s1. The van der Waals surface area contributed by atoms with Crippen LogP contribution in [0.2, 0.25) is 0 Å². The number of carbonyl (C=O) groups is 1. The Bertz CT molecular complexity index is 841. The molecule has 1 aliphatic heterocycles. The maximum absolute atomic E-state index is 14.4. The fraction of sp³-hybridized carbons (Fsp3) is 0.458. The number of rotatable bonds is 7. The molecule has 0 bridgehead atoms. The predicted molar refractivity (Wildman–Crippen MR) is 109 cm³/mol. The molecule has 1 saturated heterocycles. The van der Waals surface area contributed by atoms with E-state index in [1.54, 1.807) is 13.0 Å². The van der Waals surface area contributed by atoms with Crippen LogP contribution in [-0.2, 0) is 31.2 Å². The highest BCUT2D eigenvalue weighted by Crippen LogP contribution is 2.49. The molecule has 0 aliphatic carbocycles. The van der Waals surface area contributed by atoms with Crippen molar-refractivity contribution in [3.8, 4) is 0 Å². The molecule has 1 fully saturated rings. The second-order valence-corrected chi connectivity index (χ2v) is 7.68. The molecule has 1 aliphatic rings. The van der Waals surface area contributed by atoms with Crippen molar-refractivity contribution in [1.29, 1.82) is 0 Å². The van der Waals surface area contributed by atoms with Gasteiger partial charge in [0.2, 0.25) is 0 Å². The molecule has 0 radical (unpaired) electrons. The second-order valence-electron chi connectivity index (χ2n) is 7.68. The van der Waals surface area contributed by atoms with E-state index in [0.717, 1.165) is 5.56 Å². The molecule has 0 amide bonds. The first-order chi connectivity index (χ1) is 14.8. The lowest BCUT2D eigenvalue weighted by atomic mass is 9.92. The molecule has 3 unspecified atom stereocenters. The second kappa shape index (κ2) is 9.83. The number of hydrogen-bond acceptors (Lipinski definition) is 4. The van der Waals surface area contributed by atoms with Gasteiger partial charge >= 0.3 is 12.1 Å². The van der Waals surface area contributed by atoms with Gasteiger partial charge in [0.25, 0.3) is 5.79 Å². The van der Waals surface area contributed by atoms with Crippen LogP contribution in [-0.4, -0.2) is 31.0 Å². The minimum absolute atomic E-state index is 0.145. The summed E-state index contributed by atoms with van der Waals surface area (Å²) >= 11 is 0. The van der Waals surface area contributed by atoms with Crippen LogP contribution < -0.4 is 0 Å². The normalized spacial score (nSPS) is 25.1. The summed E-state index contributed by atoms with van der Waals surface area (Å²) in [6, 6.07) is 16.8. The average Bonchev–Trinajstić information content (AvgIpc) is 2.77. The molecule has 31 heavy (non-hydrogen) atoms. The van der Waals surface area contributed by atoms with Gasteiger partial charge in [0, 0.05) is 12.0 Å². The number of hydrogen-bond donors (Lipinski definition) is 0. The van der Waals surface area contributed by atoms with E-state index in [4.69, 9.17) is 14.2 Å². The Balaban J connectivity index is 1.93. The van der Waals surface area contributed by atoms with Crippen molar-refractivity contribution in [3.05, 3.63) is 71.8 Å². The Morgan fingerprint density at radius 2 is 1.71 bits per heavy atom. The zero-order chi connectivity index (χ0) is 22.5. The summed E-state index contributed by atoms with van der Waals surface area (Å²) in [4.78, 5) is 12.3. The van der Waals surface area contributed by atoms with Crippen LogP contribution >= 0.6 is 0 Å². The molecule has 0 aromatic heterocycles. The highest BCUT2D eigenvalue weighted by molar-refractivity contribution is 5.72. The van der Waals surface area contributed by atoms with Gasteiger partial charge in [-0.05, 0) is 32.3 Å². The average molecular weight is 436 g/mol. The van der Waals surface area contributed by atoms with Crippen LogP contribution in [0.5, 0.6) is 0 Å². The Morgan fingerprint density at radius 1 is 1.10 bits per heavy atom. The van der Waals surface area contributed by atoms with Gasteiger partial charge in [-0.2, -0.15) is 13.2 Å². The Hall–Kier alpha value is -2.38. The first-order valence-corrected chi connectivity index (χ1v) is 10.4. The smallest absolute Gasteiger partial charge is 0.448 e. The van der Waals surface area contributed by atoms with Crippen molar-refractivity contribution in [2.75, 3.05) is 6.61 Å². The van der Waals surface area contributed by atoms with Crippen molar-refractivity contribution >= 4 is 5.97 Å². The third-order valence-electron chi connectivity index (χ3n) is 5.49. The molecule has 2 aromatic rings. The third kappa shape index (κ3) is 5.28. The molecule has 168 valence electrons. The minimum Gasteiger partial charge on any atom is -0.466 e. The summed E-state index contributed by atoms with van der Waals surface area (Å²) in [5.74, 6) is -4.40. The highest BCUT2D eigenvalue weighted by Gasteiger charge is 2.63. The van der Waals surface area contributed by atoms with Gasteiger partial charge in [-0.1, -0.05) is 60.7 Å². The lowest BCUT2D eigenvalue weighted by Gasteiger charge is -2.46. The summed E-state index contributed by atoms with van der Waals surface area (Å²) in [5.41, 5.74) is 0.859. The SMILES string of the molecule is CCOC(=O)C(C)C1CC(CCc2ccccc2)O[C@@](c2ccccc2)(C(F)(F)F)O1. The van der Waals surface area contributed by atoms with E-state index in [1.807, 2.05) is 30.3 Å². The van der Waals surface area contributed by atoms with Crippen molar-refractivity contribution in [2.45, 2.75) is 57.3 Å². The molecule has 0 N–H and O–H groups in total. The lowest BCUT2D eigenvalue weighted by Crippen LogP contribution is -2.57. The molecule has 0 saturated carbocycles. The number of halogens is 3. The molecular weight excluding hydrogens is 409 g/mol. The molecule has 4 nitrogen and oxygen atoms in total. The summed E-state index contributed by atoms with van der Waals surface area (Å²) in [6.07, 6.45) is -5.52. The molecule has 4 atom stereocenters. The number of esters is 1. The molecule has 1 heterocycles. The largest absolute Gasteiger partial charge is 0.466 e. The third-order valence-corrected chi connectivity index (χ3v) is 5.49. The van der Waals surface area contributed by atoms with Crippen molar-refractivity contribution in [3.63, 3.8) is 0 Å². The first kappa shape index (κ1) is 23.3. The van der Waals surface area contributed by atoms with E-state index in [9.17, 15) is 18.0 Å². The molecule has 0 spiro atoms. The maximum Gasteiger partial charge on any atom is 0.448 e. The topological polar surface area (TPSA) is 44.8 Å². The van der Waals surface area contributed by atoms with Crippen LogP contribution in [0.15, 0.2) is 60.7 Å². The van der Waals surface area contributed by atoms with Crippen molar-refractivity contribution < 1.29 is 32.2 Å². The quantitative estimate of drug-likeness (QED) is 0.545. The zero-order valence-corrected chi connectivity index (χ0v) is 17.6. The fourth-order valence-electron chi connectivity index (χ4n) is 3.80. The number of carbonyl (C=O) groups excluding carboxylic acids is 1. The van der Waals surface area contributed by atoms with Crippen molar-refractivity contribution in [2.24, 2.45) is 5.92 Å². The molecule has 3 rings (SSSR count). The van der Waals surface area contributed by atoms with Gasteiger partial charge in [0.05, 0.1) is 24.7 Å². The van der Waals surface area contributed by atoms with Crippen LogP contribution in [0.4, 0.5) is 13.2 Å². The summed E-state index contributed by atoms with van der Waals surface area (Å²) in [5, 5.41) is 0. The number of alkyl halides is 3. The minimum atomic E-state index is -4.84. The van der Waals surface area contributed by atoms with Crippen molar-refractivity contribution in [1.82, 2.24) is 0 Å². The molecule has 2 aromatic carbocycles. The molecule has 7 heteroatoms. The Morgan fingerprint density at radius 3 is 2.29 bits per heavy atom. The summed E-state index contributed by atoms with van der Waals surface area (Å²) in [7, 11) is 0. The van der Waals surface area contributed by atoms with Gasteiger partial charge < -0.3 is 14.2 Å². The van der Waals surface area contributed by atoms with Crippen LogP contribution in [0.3, 0.4) is 0 Å². The monoisotopic (exact) mass is 436 g/mol. The van der Waals surface area contributed by atoms with E-state index < -0.39 is 36.1 Å². The Kier molecular flexibility index (Phi) is 7.38. The van der Waals surface area contributed by atoms with Crippen LogP contribution in [0.25, 0.3) is 0 Å². The van der Waals surface area contributed by atoms with E-state index in [-0.39, 0.29) is 18.6 Å². The molecular formula is C24H27F3O4. The van der Waals surface area contributed by atoms with Gasteiger partial charge in [-0.3, -0.25) is 4.79 Å². The van der Waals surface area contributed by atoms with E-state index in [0.29, 0.717) is 12.8 Å². The van der Waals surface area contributed by atoms with Crippen LogP contribution in [0.1, 0.15) is 37.8 Å². The van der Waals surface area contributed by atoms with Gasteiger partial charge in [0.15, 0.2) is 0 Å². The highest BCUT2D eigenvalue weighted by atomic mass is 19.4. The number of aryl methyl sites for hydroxylation is 1. The lowest BCUT2D eigenvalue weighted by molar-refractivity contribution is -0.437. The van der Waals surface area contributed by atoms with Crippen LogP contribution in [0, 0.1) is 5.92 Å². The predicted octanol–water partition coefficient (Wildman–Crippen LogP) is 5.41. The van der Waals surface area contributed by atoms with E-state index in [2.05, 4.69) is 0 Å². The number of ether oxygens (including phenoxy) is 3. The van der Waals surface area contributed by atoms with Gasteiger partial charge in [-0.15, -0.1) is 0 Å². The number of benzene rings is 2. The van der Waals surface area contributed by atoms with E-state index in [1.165, 1.54) is 31.2 Å². The van der Waals surface area contributed by atoms with E-state index >= 15 is 0 Å². The fourth-order valence-corrected chi connectivity index (χ4v) is 3.80. The maximum atomic E-state index is 14.4. The zero-order valence-electron chi connectivity index (χ0n) is 17.6. The summed E-state index contributed by atoms with van der Waals surface area (Å²) < 4.78 is 59.6. The van der Waals surface area contributed by atoms with Gasteiger partial charge in [0.1, 0.15) is 0 Å². The summed E-state index contributed by atoms with van der Waals surface area (Å²) in [6.45, 7) is 3.34. The Labute approximate surface area is 180 Å².